The molecule has 6 nitrogen and oxygen atoms in total. The quantitative estimate of drug-likeness (QED) is 0.300. The molecule has 252 valence electrons. The Morgan fingerprint density at radius 3 is 1.17 bits per heavy atom. The minimum atomic E-state index is -1.94. The zero-order valence-corrected chi connectivity index (χ0v) is 32.6. The van der Waals surface area contributed by atoms with Crippen molar-refractivity contribution in [2.75, 3.05) is 0 Å². The van der Waals surface area contributed by atoms with E-state index in [0.29, 0.717) is 11.1 Å². The summed E-state index contributed by atoms with van der Waals surface area (Å²) < 4.78 is 13.0. The third-order valence-corrected chi connectivity index (χ3v) is 19.2. The molecule has 0 spiro atoms. The number of carbonyl (C=O) groups is 2. The van der Waals surface area contributed by atoms with E-state index < -0.39 is 27.8 Å². The Morgan fingerprint density at radius 2 is 0.913 bits per heavy atom. The number of benzene rings is 2. The van der Waals surface area contributed by atoms with Gasteiger partial charge in [-0.1, -0.05) is 79.7 Å². The molecule has 0 aliphatic heterocycles. The fraction of sp³-hybridized carbons (Fsp3) is 0.526. The van der Waals surface area contributed by atoms with Crippen LogP contribution in [-0.2, 0) is 33.6 Å². The Balaban J connectivity index is 0.000000250. The summed E-state index contributed by atoms with van der Waals surface area (Å²) in [7, 11) is -3.88. The van der Waals surface area contributed by atoms with Gasteiger partial charge in [0.15, 0.2) is 11.6 Å². The largest absolute Gasteiger partial charge is 0.543 e. The predicted molar refractivity (Wildman–Crippen MR) is 195 cm³/mol. The van der Waals surface area contributed by atoms with Gasteiger partial charge in [-0.2, -0.15) is 0 Å². The Kier molecular flexibility index (Phi) is 10.4. The van der Waals surface area contributed by atoms with Crippen molar-refractivity contribution in [3.8, 4) is 11.5 Å². The molecule has 0 saturated carbocycles. The van der Waals surface area contributed by atoms with Crippen LogP contribution >= 0.6 is 0 Å². The van der Waals surface area contributed by atoms with Crippen molar-refractivity contribution in [3.05, 3.63) is 69.8 Å². The van der Waals surface area contributed by atoms with E-state index in [1.165, 1.54) is 12.2 Å². The summed E-state index contributed by atoms with van der Waals surface area (Å²) in [6, 6.07) is 7.49. The Bertz CT molecular complexity index is 1450. The number of rotatable bonds is 6. The first kappa shape index (κ1) is 37.7. The van der Waals surface area contributed by atoms with E-state index in [-0.39, 0.29) is 21.6 Å². The molecule has 2 atom stereocenters. The van der Waals surface area contributed by atoms with Gasteiger partial charge in [0.2, 0.25) is 16.6 Å². The Labute approximate surface area is 279 Å². The molecule has 4 rings (SSSR count). The van der Waals surface area contributed by atoms with Gasteiger partial charge in [-0.15, -0.1) is 0 Å². The first-order chi connectivity index (χ1) is 20.8. The summed E-state index contributed by atoms with van der Waals surface area (Å²) in [5.74, 6) is 1.22. The van der Waals surface area contributed by atoms with Crippen LogP contribution < -0.4 is 8.85 Å². The molecule has 2 aliphatic rings. The summed E-state index contributed by atoms with van der Waals surface area (Å²) in [6.45, 7) is 29.5. The van der Waals surface area contributed by atoms with Crippen molar-refractivity contribution >= 4 is 40.4 Å². The first-order valence-electron chi connectivity index (χ1n) is 16.4. The van der Waals surface area contributed by atoms with Crippen LogP contribution in [0.5, 0.6) is 11.5 Å². The zero-order chi connectivity index (χ0) is 35.3. The lowest BCUT2D eigenvalue weighted by Crippen LogP contribution is -2.44. The minimum Gasteiger partial charge on any atom is -0.543 e. The molecule has 2 N–H and O–H groups in total. The standard InChI is InChI=1S/2C19H28O3Si/c2*1-8-13-14-9-12-17(20)19(5,21)15(14)10-11-16(13)22-23(6,7)18(2,3)4/h2*9-12,21H,8H2,1-7H3/t2*19-/m11/s1. The van der Waals surface area contributed by atoms with E-state index in [1.807, 2.05) is 36.4 Å². The molecular formula is C38H56O6Si2. The number of hydrogen-bond donors (Lipinski definition) is 2. The van der Waals surface area contributed by atoms with Crippen molar-refractivity contribution in [2.24, 2.45) is 0 Å². The molecule has 0 bridgehead atoms. The second-order valence-electron chi connectivity index (χ2n) is 16.0. The SMILES string of the molecule is CCc1c(O[Si](C)(C)C(C)(C)C)ccc2c1C=CC(=O)[C@]2(C)O.CCc1c(O[Si](C)(C)C(C)(C)C)ccc2c1C=CC(=O)[C@]2(C)O. The molecule has 2 aromatic carbocycles. The highest BCUT2D eigenvalue weighted by molar-refractivity contribution is 6.75. The maximum atomic E-state index is 12.0. The summed E-state index contributed by atoms with van der Waals surface area (Å²) in [5, 5.41) is 21.3. The Hall–Kier alpha value is -2.79. The Morgan fingerprint density at radius 1 is 0.609 bits per heavy atom. The van der Waals surface area contributed by atoms with Gasteiger partial charge in [-0.25, -0.2) is 0 Å². The second kappa shape index (κ2) is 12.7. The highest BCUT2D eigenvalue weighted by atomic mass is 28.4. The van der Waals surface area contributed by atoms with Crippen LogP contribution in [-0.4, -0.2) is 38.4 Å². The van der Waals surface area contributed by atoms with Crippen molar-refractivity contribution in [1.29, 1.82) is 0 Å². The van der Waals surface area contributed by atoms with Crippen LogP contribution in [0.2, 0.25) is 36.3 Å². The van der Waals surface area contributed by atoms with Crippen molar-refractivity contribution in [2.45, 2.75) is 130 Å². The van der Waals surface area contributed by atoms with E-state index in [1.54, 1.807) is 13.8 Å². The summed E-state index contributed by atoms with van der Waals surface area (Å²) >= 11 is 0. The topological polar surface area (TPSA) is 93.1 Å². The summed E-state index contributed by atoms with van der Waals surface area (Å²) in [4.78, 5) is 23.9. The molecule has 0 aromatic heterocycles. The van der Waals surface area contributed by atoms with Gasteiger partial charge in [0.25, 0.3) is 0 Å². The molecule has 0 fully saturated rings. The van der Waals surface area contributed by atoms with Gasteiger partial charge in [0, 0.05) is 11.1 Å². The summed E-state index contributed by atoms with van der Waals surface area (Å²) in [5.41, 5.74) is 2.41. The predicted octanol–water partition coefficient (Wildman–Crippen LogP) is 8.87. The molecule has 0 radical (unpaired) electrons. The fourth-order valence-electron chi connectivity index (χ4n) is 5.20. The fourth-order valence-corrected chi connectivity index (χ4v) is 7.30. The van der Waals surface area contributed by atoms with E-state index in [2.05, 4.69) is 81.6 Å². The second-order valence-corrected chi connectivity index (χ2v) is 25.4. The maximum absolute atomic E-state index is 12.0. The van der Waals surface area contributed by atoms with E-state index >= 15 is 0 Å². The third-order valence-electron chi connectivity index (χ3n) is 10.5. The molecule has 0 amide bonds. The van der Waals surface area contributed by atoms with Gasteiger partial charge in [-0.3, -0.25) is 9.59 Å². The average molecular weight is 665 g/mol. The van der Waals surface area contributed by atoms with Crippen LogP contribution in [0.4, 0.5) is 0 Å². The first-order valence-corrected chi connectivity index (χ1v) is 22.3. The van der Waals surface area contributed by atoms with Crippen molar-refractivity contribution < 1.29 is 28.7 Å². The monoisotopic (exact) mass is 664 g/mol. The highest BCUT2D eigenvalue weighted by Crippen LogP contribution is 2.43. The van der Waals surface area contributed by atoms with E-state index in [9.17, 15) is 19.8 Å². The van der Waals surface area contributed by atoms with Gasteiger partial charge in [0.05, 0.1) is 0 Å². The molecule has 2 aromatic rings. The average Bonchev–Trinajstić information content (AvgIpc) is 2.91. The minimum absolute atomic E-state index is 0.116. The number of aliphatic hydroxyl groups is 2. The molecule has 0 unspecified atom stereocenters. The molecule has 8 heteroatoms. The molecule has 2 aliphatic carbocycles. The van der Waals surface area contributed by atoms with Gasteiger partial charge < -0.3 is 19.1 Å². The van der Waals surface area contributed by atoms with Gasteiger partial charge in [-0.05, 0) is 109 Å². The third kappa shape index (κ3) is 7.05. The van der Waals surface area contributed by atoms with Crippen LogP contribution in [0, 0.1) is 0 Å². The normalized spacial score (nSPS) is 21.3. The number of fused-ring (bicyclic) bond motifs is 2. The van der Waals surface area contributed by atoms with Crippen LogP contribution in [0.1, 0.15) is 103 Å². The lowest BCUT2D eigenvalue weighted by molar-refractivity contribution is -0.132. The van der Waals surface area contributed by atoms with Crippen LogP contribution in [0.25, 0.3) is 12.2 Å². The molecular weight excluding hydrogens is 609 g/mol. The zero-order valence-electron chi connectivity index (χ0n) is 30.6. The molecule has 0 saturated heterocycles. The molecule has 46 heavy (non-hydrogen) atoms. The summed E-state index contributed by atoms with van der Waals surface area (Å²) in [6.07, 6.45) is 8.15. The lowest BCUT2D eigenvalue weighted by atomic mass is 9.81. The van der Waals surface area contributed by atoms with Gasteiger partial charge >= 0.3 is 0 Å². The number of ketones is 2. The number of carbonyl (C=O) groups excluding carboxylic acids is 2. The maximum Gasteiger partial charge on any atom is 0.250 e. The lowest BCUT2D eigenvalue weighted by Gasteiger charge is -2.38. The van der Waals surface area contributed by atoms with Crippen LogP contribution in [0.15, 0.2) is 36.4 Å². The van der Waals surface area contributed by atoms with Crippen LogP contribution in [0.3, 0.4) is 0 Å². The van der Waals surface area contributed by atoms with E-state index in [0.717, 1.165) is 46.6 Å². The smallest absolute Gasteiger partial charge is 0.250 e. The molecule has 0 heterocycles. The highest BCUT2D eigenvalue weighted by Gasteiger charge is 2.42. The van der Waals surface area contributed by atoms with Gasteiger partial charge in [0.1, 0.15) is 22.7 Å². The van der Waals surface area contributed by atoms with E-state index in [4.69, 9.17) is 8.85 Å². The number of hydrogen-bond acceptors (Lipinski definition) is 6. The van der Waals surface area contributed by atoms with Crippen molar-refractivity contribution in [3.63, 3.8) is 0 Å². The van der Waals surface area contributed by atoms with Crippen molar-refractivity contribution in [1.82, 2.24) is 0 Å².